The number of carbonyl (C=O) groups excluding carboxylic acids is 1. The molecule has 1 amide bonds. The Morgan fingerprint density at radius 1 is 1.18 bits per heavy atom. The van der Waals surface area contributed by atoms with Gasteiger partial charge in [-0.05, 0) is 36.4 Å². The lowest BCUT2D eigenvalue weighted by molar-refractivity contribution is -0.384. The number of benzene rings is 2. The van der Waals surface area contributed by atoms with Crippen molar-refractivity contribution >= 4 is 23.4 Å². The van der Waals surface area contributed by atoms with E-state index >= 15 is 0 Å². The van der Waals surface area contributed by atoms with Gasteiger partial charge in [0.25, 0.3) is 11.6 Å². The number of hydrogen-bond acceptors (Lipinski definition) is 5. The quantitative estimate of drug-likeness (QED) is 0.304. The fourth-order valence-electron chi connectivity index (χ4n) is 2.47. The Labute approximate surface area is 158 Å². The lowest BCUT2D eigenvalue weighted by atomic mass is 10.1. The number of nitro benzene ring substituents is 1. The summed E-state index contributed by atoms with van der Waals surface area (Å²) in [6, 6.07) is 16.0. The zero-order chi connectivity index (χ0) is 20.1. The third kappa shape index (κ3) is 4.11. The van der Waals surface area contributed by atoms with Crippen molar-refractivity contribution in [3.63, 3.8) is 0 Å². The lowest BCUT2D eigenvalue weighted by Crippen LogP contribution is -2.13. The Morgan fingerprint density at radius 3 is 2.68 bits per heavy atom. The molecule has 0 radical (unpaired) electrons. The van der Waals surface area contributed by atoms with E-state index in [1.54, 1.807) is 12.1 Å². The van der Waals surface area contributed by atoms with Crippen LogP contribution in [0.25, 0.3) is 17.4 Å². The first kappa shape index (κ1) is 18.5. The van der Waals surface area contributed by atoms with Crippen LogP contribution in [-0.2, 0) is 4.79 Å². The molecular weight excluding hydrogens is 365 g/mol. The van der Waals surface area contributed by atoms with Crippen LogP contribution in [-0.4, -0.2) is 10.8 Å². The van der Waals surface area contributed by atoms with Gasteiger partial charge < -0.3 is 9.73 Å². The van der Waals surface area contributed by atoms with Gasteiger partial charge in [0.05, 0.1) is 10.5 Å². The third-order valence-electron chi connectivity index (χ3n) is 3.73. The summed E-state index contributed by atoms with van der Waals surface area (Å²) in [4.78, 5) is 22.8. The standard InChI is InChI=1S/C20H12FN3O4/c21-14-4-3-5-15(11-14)23-20(25)13(12-22)10-16-8-9-19(28-16)17-6-1-2-7-18(17)24(26)27/h1-11H,(H,23,25)/b13-10+. The second-order valence-electron chi connectivity index (χ2n) is 5.61. The van der Waals surface area contributed by atoms with E-state index in [2.05, 4.69) is 5.32 Å². The van der Waals surface area contributed by atoms with Gasteiger partial charge in [-0.3, -0.25) is 14.9 Å². The molecule has 0 saturated carbocycles. The van der Waals surface area contributed by atoms with Crippen LogP contribution in [0.15, 0.2) is 70.7 Å². The van der Waals surface area contributed by atoms with E-state index in [9.17, 15) is 24.6 Å². The van der Waals surface area contributed by atoms with Crippen molar-refractivity contribution in [2.75, 3.05) is 5.32 Å². The summed E-state index contributed by atoms with van der Waals surface area (Å²) in [5.74, 6) is -0.877. The fraction of sp³-hybridized carbons (Fsp3) is 0. The zero-order valence-corrected chi connectivity index (χ0v) is 14.3. The van der Waals surface area contributed by atoms with E-state index in [0.29, 0.717) is 0 Å². The monoisotopic (exact) mass is 377 g/mol. The molecule has 28 heavy (non-hydrogen) atoms. The third-order valence-corrected chi connectivity index (χ3v) is 3.73. The van der Waals surface area contributed by atoms with E-state index in [1.165, 1.54) is 54.6 Å². The Hall–Kier alpha value is -4.25. The van der Waals surface area contributed by atoms with Gasteiger partial charge >= 0.3 is 0 Å². The molecule has 138 valence electrons. The molecule has 3 rings (SSSR count). The average Bonchev–Trinajstić information content (AvgIpc) is 3.14. The minimum atomic E-state index is -0.739. The first-order chi connectivity index (χ1) is 13.5. The van der Waals surface area contributed by atoms with Crippen LogP contribution >= 0.6 is 0 Å². The Balaban J connectivity index is 1.86. The molecule has 0 aliphatic carbocycles. The van der Waals surface area contributed by atoms with Gasteiger partial charge in [-0.15, -0.1) is 0 Å². The van der Waals surface area contributed by atoms with Crippen LogP contribution in [0.2, 0.25) is 0 Å². The number of halogens is 1. The lowest BCUT2D eigenvalue weighted by Gasteiger charge is -2.03. The molecule has 0 aliphatic heterocycles. The van der Waals surface area contributed by atoms with Gasteiger partial charge in [0.15, 0.2) is 0 Å². The smallest absolute Gasteiger partial charge is 0.280 e. The van der Waals surface area contributed by atoms with Crippen LogP contribution in [0.3, 0.4) is 0 Å². The van der Waals surface area contributed by atoms with E-state index in [-0.39, 0.29) is 34.0 Å². The highest BCUT2D eigenvalue weighted by atomic mass is 19.1. The van der Waals surface area contributed by atoms with Crippen LogP contribution in [0.4, 0.5) is 15.8 Å². The van der Waals surface area contributed by atoms with Crippen LogP contribution in [0.1, 0.15) is 5.76 Å². The highest BCUT2D eigenvalue weighted by molar-refractivity contribution is 6.09. The number of carbonyl (C=O) groups is 1. The van der Waals surface area contributed by atoms with Crippen molar-refractivity contribution in [1.29, 1.82) is 5.26 Å². The Bertz CT molecular complexity index is 1130. The molecular formula is C20H12FN3O4. The molecule has 0 bridgehead atoms. The van der Waals surface area contributed by atoms with Crippen LogP contribution < -0.4 is 5.32 Å². The van der Waals surface area contributed by atoms with E-state index < -0.39 is 16.6 Å². The van der Waals surface area contributed by atoms with Gasteiger partial charge in [-0.1, -0.05) is 18.2 Å². The average molecular weight is 377 g/mol. The maximum absolute atomic E-state index is 13.2. The molecule has 0 atom stereocenters. The molecule has 0 fully saturated rings. The van der Waals surface area contributed by atoms with Crippen molar-refractivity contribution in [2.24, 2.45) is 0 Å². The number of nitriles is 1. The second-order valence-corrected chi connectivity index (χ2v) is 5.61. The fourth-order valence-corrected chi connectivity index (χ4v) is 2.47. The van der Waals surface area contributed by atoms with Crippen molar-refractivity contribution in [1.82, 2.24) is 0 Å². The van der Waals surface area contributed by atoms with Crippen LogP contribution in [0, 0.1) is 27.3 Å². The molecule has 7 nitrogen and oxygen atoms in total. The summed E-state index contributed by atoms with van der Waals surface area (Å²) >= 11 is 0. The zero-order valence-electron chi connectivity index (χ0n) is 14.3. The Kier molecular flexibility index (Phi) is 5.28. The molecule has 0 spiro atoms. The highest BCUT2D eigenvalue weighted by Gasteiger charge is 2.17. The molecule has 1 aromatic heterocycles. The molecule has 3 aromatic rings. The maximum atomic E-state index is 13.2. The largest absolute Gasteiger partial charge is 0.456 e. The van der Waals surface area contributed by atoms with Gasteiger partial charge in [0.1, 0.15) is 29.0 Å². The summed E-state index contributed by atoms with van der Waals surface area (Å²) < 4.78 is 18.7. The van der Waals surface area contributed by atoms with E-state index in [1.807, 2.05) is 0 Å². The number of anilines is 1. The Morgan fingerprint density at radius 2 is 1.96 bits per heavy atom. The number of amides is 1. The number of nitro groups is 1. The van der Waals surface area contributed by atoms with E-state index in [4.69, 9.17) is 4.42 Å². The first-order valence-corrected chi connectivity index (χ1v) is 8.00. The predicted octanol–water partition coefficient (Wildman–Crippen LogP) is 4.54. The minimum absolute atomic E-state index is 0.128. The highest BCUT2D eigenvalue weighted by Crippen LogP contribution is 2.31. The number of nitrogens with zero attached hydrogens (tertiary/aromatic N) is 2. The van der Waals surface area contributed by atoms with Gasteiger partial charge in [0.2, 0.25) is 0 Å². The molecule has 1 N–H and O–H groups in total. The summed E-state index contributed by atoms with van der Waals surface area (Å²) in [6.07, 6.45) is 1.20. The minimum Gasteiger partial charge on any atom is -0.456 e. The number of hydrogen-bond donors (Lipinski definition) is 1. The summed E-state index contributed by atoms with van der Waals surface area (Å²) in [6.45, 7) is 0. The molecule has 0 unspecified atom stereocenters. The molecule has 2 aromatic carbocycles. The normalized spacial score (nSPS) is 10.9. The van der Waals surface area contributed by atoms with Crippen molar-refractivity contribution in [2.45, 2.75) is 0 Å². The summed E-state index contributed by atoms with van der Waals surface area (Å²) in [7, 11) is 0. The van der Waals surface area contributed by atoms with Crippen molar-refractivity contribution < 1.29 is 18.5 Å². The number of para-hydroxylation sites is 1. The number of rotatable bonds is 5. The predicted molar refractivity (Wildman–Crippen MR) is 99.4 cm³/mol. The van der Waals surface area contributed by atoms with Crippen molar-refractivity contribution in [3.8, 4) is 17.4 Å². The van der Waals surface area contributed by atoms with Crippen LogP contribution in [0.5, 0.6) is 0 Å². The van der Waals surface area contributed by atoms with Gasteiger partial charge in [0, 0.05) is 17.8 Å². The number of nitrogens with one attached hydrogen (secondary N) is 1. The number of furan rings is 1. The molecule has 1 heterocycles. The summed E-state index contributed by atoms with van der Waals surface area (Å²) in [5, 5.41) is 22.8. The second kappa shape index (κ2) is 7.97. The molecule has 0 saturated heterocycles. The maximum Gasteiger partial charge on any atom is 0.280 e. The SMILES string of the molecule is N#C/C(=C\c1ccc(-c2ccccc2[N+](=O)[O-])o1)C(=O)Nc1cccc(F)c1. The van der Waals surface area contributed by atoms with Gasteiger partial charge in [-0.25, -0.2) is 4.39 Å². The summed E-state index contributed by atoms with van der Waals surface area (Å²) in [5.41, 5.74) is 0.0746. The molecule has 8 heteroatoms. The van der Waals surface area contributed by atoms with E-state index in [0.717, 1.165) is 6.07 Å². The van der Waals surface area contributed by atoms with Crippen molar-refractivity contribution in [3.05, 3.63) is 87.9 Å². The topological polar surface area (TPSA) is 109 Å². The van der Waals surface area contributed by atoms with Gasteiger partial charge in [-0.2, -0.15) is 5.26 Å². The first-order valence-electron chi connectivity index (χ1n) is 8.00. The molecule has 0 aliphatic rings.